The van der Waals surface area contributed by atoms with E-state index < -0.39 is 5.97 Å². The smallest absolute Gasteiger partial charge is 0.338 e. The zero-order chi connectivity index (χ0) is 21.6. The number of hydrogen-bond donors (Lipinski definition) is 0. The Labute approximate surface area is 180 Å². The summed E-state index contributed by atoms with van der Waals surface area (Å²) in [6.07, 6.45) is 8.05. The molecule has 2 aliphatic heterocycles. The molecule has 1 aliphatic carbocycles. The van der Waals surface area contributed by atoms with Crippen molar-refractivity contribution in [2.75, 3.05) is 6.61 Å². The number of benzene rings is 1. The number of rotatable bonds is 3. The first-order chi connectivity index (χ1) is 14.9. The first-order valence-corrected chi connectivity index (χ1v) is 10.6. The second-order valence-corrected chi connectivity index (χ2v) is 8.63. The number of esters is 2. The van der Waals surface area contributed by atoms with Crippen LogP contribution in [0.2, 0.25) is 0 Å². The van der Waals surface area contributed by atoms with Crippen LogP contribution < -0.4 is 0 Å². The average molecular weight is 420 g/mol. The van der Waals surface area contributed by atoms with Crippen molar-refractivity contribution in [3.05, 3.63) is 60.0 Å². The molecule has 0 spiro atoms. The molecule has 2 aromatic rings. The van der Waals surface area contributed by atoms with Gasteiger partial charge < -0.3 is 14.2 Å². The minimum absolute atomic E-state index is 0.0653. The number of ether oxygens (including phenoxy) is 3. The summed E-state index contributed by atoms with van der Waals surface area (Å²) in [4.78, 5) is 33.1. The molecule has 7 heteroatoms. The number of aromatic nitrogens is 2. The lowest BCUT2D eigenvalue weighted by molar-refractivity contribution is -0.140. The summed E-state index contributed by atoms with van der Waals surface area (Å²) in [6, 6.07) is 5.15. The molecule has 7 nitrogen and oxygen atoms in total. The zero-order valence-electron chi connectivity index (χ0n) is 17.4. The SMILES string of the molecule is C=C1C(=O)O[C@H]2[C@H]1CC/C(COC(=O)c1ccc3nccnc3c1)=C\CC[C@@]1(C)O[C@@H]21. The van der Waals surface area contributed by atoms with E-state index in [-0.39, 0.29) is 36.3 Å². The highest BCUT2D eigenvalue weighted by Gasteiger charge is 2.61. The Hall–Kier alpha value is -3.06. The molecular weight excluding hydrogens is 396 g/mol. The summed E-state index contributed by atoms with van der Waals surface area (Å²) >= 11 is 0. The van der Waals surface area contributed by atoms with E-state index in [4.69, 9.17) is 14.2 Å². The first kappa shape index (κ1) is 19.9. The van der Waals surface area contributed by atoms with Gasteiger partial charge in [-0.05, 0) is 56.4 Å². The van der Waals surface area contributed by atoms with Crippen LogP contribution >= 0.6 is 0 Å². The summed E-state index contributed by atoms with van der Waals surface area (Å²) in [5.74, 6) is -0.802. The van der Waals surface area contributed by atoms with Crippen molar-refractivity contribution in [1.82, 2.24) is 9.97 Å². The zero-order valence-corrected chi connectivity index (χ0v) is 17.4. The van der Waals surface area contributed by atoms with Crippen molar-refractivity contribution < 1.29 is 23.8 Å². The van der Waals surface area contributed by atoms with E-state index in [2.05, 4.69) is 29.5 Å². The largest absolute Gasteiger partial charge is 0.458 e. The summed E-state index contributed by atoms with van der Waals surface area (Å²) in [7, 11) is 0. The van der Waals surface area contributed by atoms with Gasteiger partial charge in [-0.15, -0.1) is 0 Å². The number of allylic oxidation sites excluding steroid dienone is 1. The van der Waals surface area contributed by atoms with Crippen LogP contribution in [-0.2, 0) is 19.0 Å². The van der Waals surface area contributed by atoms with E-state index in [1.165, 1.54) is 0 Å². The van der Waals surface area contributed by atoms with E-state index in [0.29, 0.717) is 29.5 Å². The summed E-state index contributed by atoms with van der Waals surface area (Å²) in [6.45, 7) is 6.20. The monoisotopic (exact) mass is 420 g/mol. The van der Waals surface area contributed by atoms with Crippen molar-refractivity contribution in [3.63, 3.8) is 0 Å². The highest BCUT2D eigenvalue weighted by molar-refractivity contribution is 5.93. The van der Waals surface area contributed by atoms with Gasteiger partial charge in [-0.2, -0.15) is 0 Å². The van der Waals surface area contributed by atoms with Gasteiger partial charge in [0.2, 0.25) is 0 Å². The van der Waals surface area contributed by atoms with Crippen LogP contribution in [0.5, 0.6) is 0 Å². The van der Waals surface area contributed by atoms with Crippen LogP contribution in [0, 0.1) is 5.92 Å². The Bertz CT molecular complexity index is 1110. The Morgan fingerprint density at radius 3 is 2.94 bits per heavy atom. The van der Waals surface area contributed by atoms with Gasteiger partial charge in [-0.25, -0.2) is 9.59 Å². The summed E-state index contributed by atoms with van der Waals surface area (Å²) < 4.78 is 17.1. The van der Waals surface area contributed by atoms with Crippen molar-refractivity contribution in [3.8, 4) is 0 Å². The number of hydrogen-bond acceptors (Lipinski definition) is 7. The number of carbonyl (C=O) groups excluding carboxylic acids is 2. The highest BCUT2D eigenvalue weighted by atomic mass is 16.6. The molecule has 3 aliphatic rings. The van der Waals surface area contributed by atoms with Crippen molar-refractivity contribution in [2.24, 2.45) is 5.92 Å². The third-order valence-corrected chi connectivity index (χ3v) is 6.53. The highest BCUT2D eigenvalue weighted by Crippen LogP contribution is 2.49. The second-order valence-electron chi connectivity index (χ2n) is 8.63. The Balaban J connectivity index is 1.28. The molecule has 0 N–H and O–H groups in total. The van der Waals surface area contributed by atoms with E-state index in [1.54, 1.807) is 30.6 Å². The number of epoxide rings is 1. The van der Waals surface area contributed by atoms with E-state index in [0.717, 1.165) is 23.9 Å². The molecule has 0 unspecified atom stereocenters. The van der Waals surface area contributed by atoms with Gasteiger partial charge in [0.1, 0.15) is 18.8 Å². The molecule has 2 fully saturated rings. The number of nitrogens with zero attached hydrogens (tertiary/aromatic N) is 2. The molecule has 0 amide bonds. The average Bonchev–Trinajstić information content (AvgIpc) is 3.37. The molecule has 0 saturated carbocycles. The fraction of sp³-hybridized carbons (Fsp3) is 0.417. The summed E-state index contributed by atoms with van der Waals surface area (Å²) in [5.41, 5.74) is 3.08. The molecule has 5 rings (SSSR count). The van der Waals surface area contributed by atoms with E-state index in [1.807, 2.05) is 0 Å². The maximum atomic E-state index is 12.6. The fourth-order valence-corrected chi connectivity index (χ4v) is 4.58. The molecule has 1 aromatic heterocycles. The minimum Gasteiger partial charge on any atom is -0.458 e. The second kappa shape index (κ2) is 7.57. The predicted molar refractivity (Wildman–Crippen MR) is 112 cm³/mol. The topological polar surface area (TPSA) is 90.9 Å². The molecule has 0 radical (unpaired) electrons. The molecule has 160 valence electrons. The molecule has 4 atom stereocenters. The molecule has 3 heterocycles. The lowest BCUT2D eigenvalue weighted by Crippen LogP contribution is -2.29. The maximum absolute atomic E-state index is 12.6. The fourth-order valence-electron chi connectivity index (χ4n) is 4.58. The number of carbonyl (C=O) groups is 2. The normalized spacial score (nSPS) is 31.8. The Kier molecular flexibility index (Phi) is 4.85. The van der Waals surface area contributed by atoms with Gasteiger partial charge in [-0.1, -0.05) is 12.7 Å². The van der Waals surface area contributed by atoms with Gasteiger partial charge in [0.25, 0.3) is 0 Å². The van der Waals surface area contributed by atoms with Crippen molar-refractivity contribution in [2.45, 2.75) is 50.4 Å². The van der Waals surface area contributed by atoms with Gasteiger partial charge in [0, 0.05) is 23.9 Å². The van der Waals surface area contributed by atoms with Gasteiger partial charge in [-0.3, -0.25) is 9.97 Å². The number of fused-ring (bicyclic) bond motifs is 4. The maximum Gasteiger partial charge on any atom is 0.338 e. The molecule has 2 saturated heterocycles. The molecule has 0 bridgehead atoms. The molecule has 1 aromatic carbocycles. The van der Waals surface area contributed by atoms with Crippen LogP contribution in [0.15, 0.2) is 54.4 Å². The molecule has 31 heavy (non-hydrogen) atoms. The van der Waals surface area contributed by atoms with E-state index >= 15 is 0 Å². The summed E-state index contributed by atoms with van der Waals surface area (Å²) in [5, 5.41) is 0. The predicted octanol–water partition coefficient (Wildman–Crippen LogP) is 3.54. The lowest BCUT2D eigenvalue weighted by atomic mass is 9.84. The van der Waals surface area contributed by atoms with Gasteiger partial charge in [0.15, 0.2) is 0 Å². The third kappa shape index (κ3) is 3.74. The Morgan fingerprint density at radius 2 is 2.10 bits per heavy atom. The quantitative estimate of drug-likeness (QED) is 0.325. The third-order valence-electron chi connectivity index (χ3n) is 6.53. The van der Waals surface area contributed by atoms with Gasteiger partial charge >= 0.3 is 11.9 Å². The minimum atomic E-state index is -0.398. The van der Waals surface area contributed by atoms with E-state index in [9.17, 15) is 9.59 Å². The van der Waals surface area contributed by atoms with Crippen LogP contribution in [0.25, 0.3) is 11.0 Å². The van der Waals surface area contributed by atoms with Crippen LogP contribution in [-0.4, -0.2) is 46.3 Å². The Morgan fingerprint density at radius 1 is 1.29 bits per heavy atom. The standard InChI is InChI=1S/C24H24N2O5/c1-14-17-7-5-15(4-3-9-24(2)21(31-24)20(17)30-22(14)27)13-29-23(28)16-6-8-18-19(12-16)26-11-10-25-18/h4,6,8,10-12,17,20-21H,1,3,5,7,9,13H2,2H3/b15-4+/t17-,20-,21-,24+/m0/s1. The lowest BCUT2D eigenvalue weighted by Gasteiger charge is -2.20. The van der Waals surface area contributed by atoms with Crippen LogP contribution in [0.4, 0.5) is 0 Å². The van der Waals surface area contributed by atoms with Crippen molar-refractivity contribution >= 4 is 23.0 Å². The molecular formula is C24H24N2O5. The first-order valence-electron chi connectivity index (χ1n) is 10.6. The van der Waals surface area contributed by atoms with Gasteiger partial charge in [0.05, 0.1) is 22.2 Å². The van der Waals surface area contributed by atoms with Crippen LogP contribution in [0.1, 0.15) is 43.0 Å². The van der Waals surface area contributed by atoms with Crippen LogP contribution in [0.3, 0.4) is 0 Å². The van der Waals surface area contributed by atoms with Crippen molar-refractivity contribution in [1.29, 1.82) is 0 Å².